The highest BCUT2D eigenvalue weighted by Gasteiger charge is 2.31. The highest BCUT2D eigenvalue weighted by Crippen LogP contribution is 2.40. The van der Waals surface area contributed by atoms with E-state index in [1.807, 2.05) is 197 Å². The third-order valence-corrected chi connectivity index (χ3v) is 27.8. The van der Waals surface area contributed by atoms with E-state index < -0.39 is 0 Å². The van der Waals surface area contributed by atoms with E-state index in [0.717, 1.165) is 233 Å². The molecule has 0 saturated heterocycles. The van der Waals surface area contributed by atoms with Gasteiger partial charge in [0.05, 0.1) is 68.2 Å². The molecule has 754 valence electrons. The minimum absolute atomic E-state index is 0.0111. The lowest BCUT2D eigenvalue weighted by Crippen LogP contribution is -2.25. The van der Waals surface area contributed by atoms with E-state index >= 15 is 0 Å². The van der Waals surface area contributed by atoms with E-state index in [1.165, 1.54) is 83.4 Å². The SMILES string of the molecule is CC.CC.CC.CC.CC.CC.CC.CC1CCC(n2c(=O)[nH]c3ccccc32)CC1.CC1CCC(n2c(=O)[nH]c3cccnc32)CC1.CC1CCC(n2c(=O)[nH]c3cnc(Cl)cc32)CC1.CC1CCC(n2c(=O)[nH]c3cncnc32)CC1.Cc1cc2c(cn1)[nH]c(=O)n2C1CCC(C)CC1.Cc1cnc2c(c1)[nH]c(=O)n2C1CCC(C)CC1.[C-]#[N+]c1cc2c(cn1)[nH]c(=O)n2C1CCC(C)CC1. The van der Waals surface area contributed by atoms with Crippen LogP contribution in [0.3, 0.4) is 0 Å². The summed E-state index contributed by atoms with van der Waals surface area (Å²) in [6.07, 6.45) is 43.6. The Kier molecular flexibility index (Phi) is 45.5. The van der Waals surface area contributed by atoms with Gasteiger partial charge in [0.2, 0.25) is 0 Å². The zero-order valence-corrected chi connectivity index (χ0v) is 87.9. The summed E-state index contributed by atoms with van der Waals surface area (Å²) < 4.78 is 13.1. The molecule has 138 heavy (non-hydrogen) atoms. The van der Waals surface area contributed by atoms with Crippen molar-refractivity contribution in [3.63, 3.8) is 0 Å². The molecule has 14 aromatic rings. The molecule has 30 heteroatoms. The number of H-pyrrole nitrogens is 7. The van der Waals surface area contributed by atoms with E-state index in [4.69, 9.17) is 18.2 Å². The molecule has 0 bridgehead atoms. The van der Waals surface area contributed by atoms with Crippen LogP contribution in [0.4, 0.5) is 5.82 Å². The third kappa shape index (κ3) is 28.7. The summed E-state index contributed by atoms with van der Waals surface area (Å²) in [6, 6.07) is 21.4. The second-order valence-electron chi connectivity index (χ2n) is 37.1. The number of hydrogen-bond acceptors (Lipinski definition) is 14. The quantitative estimate of drug-likeness (QED) is 0.0576. The maximum absolute atomic E-state index is 12.1. The van der Waals surface area contributed by atoms with Crippen LogP contribution >= 0.6 is 11.6 Å². The first-order chi connectivity index (χ1) is 66.9. The average Bonchev–Trinajstić information content (AvgIpc) is 1.68. The lowest BCUT2D eigenvalue weighted by atomic mass is 9.87. The highest BCUT2D eigenvalue weighted by molar-refractivity contribution is 6.30. The van der Waals surface area contributed by atoms with Crippen molar-refractivity contribution >= 4 is 95.0 Å². The Morgan fingerprint density at radius 3 is 0.986 bits per heavy atom. The maximum atomic E-state index is 12.1. The van der Waals surface area contributed by atoms with Crippen molar-refractivity contribution in [1.29, 1.82) is 0 Å². The van der Waals surface area contributed by atoms with E-state index in [1.54, 1.807) is 43.1 Å². The van der Waals surface area contributed by atoms with E-state index in [9.17, 15) is 33.6 Å². The standard InChI is InChI=1S/C14H16N4O.2C14H19N3O.C14H18N2O.C13H16ClN3O.C13H17N3O.C12H16N4O.7C2H6/c1-9-3-5-10(6-4-9)18-12-7-13(15-2)16-8-11(12)17-14(18)19;1-9-3-5-11(6-4-9)17-13-7-10(2)15-8-12(13)16-14(17)18;1-9-3-5-11(6-4-9)17-13-12(16-14(17)18)7-10(2)8-15-13;1-10-6-8-11(9-7-10)16-13-5-3-2-4-12(13)15-14(16)17;1-8-2-4-9(5-3-8)17-11-6-12(14)15-7-10(11)16-13(17)18;1-9-4-6-10(7-5-9)16-12-11(15-13(16)17)3-2-8-14-12;1-8-2-4-9(5-3-8)16-11-10(15-12(16)17)6-13-7-14-11;7*1-2/h7-10H,3-6H2,1H3,(H,17,19);2*7-9,11H,3-6H2,1-2H3,(H,16,18);2-5,10-11H,6-9H2,1H3,(H,15,17);6-9H,2-5H2,1H3,(H,16,18);2-3,8-10H,4-7H2,1H3,(H,15,17);6-9H,2-5H2,1H3,(H,15,17);7*1-2H3. The van der Waals surface area contributed by atoms with Gasteiger partial charge in [0.25, 0.3) is 5.82 Å². The predicted octanol–water partition coefficient (Wildman–Crippen LogP) is 26.3. The zero-order valence-electron chi connectivity index (χ0n) is 87.1. The van der Waals surface area contributed by atoms with Crippen molar-refractivity contribution in [1.82, 2.24) is 102 Å². The van der Waals surface area contributed by atoms with Gasteiger partial charge in [-0.3, -0.25) is 37.0 Å². The van der Waals surface area contributed by atoms with Crippen molar-refractivity contribution < 1.29 is 0 Å². The fraction of sp³-hybridized carbons (Fsp3) is 0.602. The molecule has 0 radical (unpaired) electrons. The number of imidazole rings is 7. The van der Waals surface area contributed by atoms with Crippen molar-refractivity contribution in [3.8, 4) is 0 Å². The Hall–Kier alpha value is -11.3. The van der Waals surface area contributed by atoms with Gasteiger partial charge in [0, 0.05) is 66.4 Å². The number of fused-ring (bicyclic) bond motifs is 7. The summed E-state index contributed by atoms with van der Waals surface area (Å²) >= 11 is 5.92. The molecule has 7 saturated carbocycles. The summed E-state index contributed by atoms with van der Waals surface area (Å²) in [4.78, 5) is 137. The van der Waals surface area contributed by atoms with E-state index in [0.29, 0.717) is 47.2 Å². The highest BCUT2D eigenvalue weighted by atomic mass is 35.5. The Morgan fingerprint density at radius 1 is 0.290 bits per heavy atom. The number of aromatic nitrogens is 21. The number of pyridine rings is 5. The normalized spacial score (nSPS) is 22.5. The van der Waals surface area contributed by atoms with Crippen LogP contribution in [0.5, 0.6) is 0 Å². The smallest absolute Gasteiger partial charge is 0.327 e. The number of nitrogens with zero attached hydrogens (tertiary/aromatic N) is 15. The predicted molar refractivity (Wildman–Crippen MR) is 569 cm³/mol. The minimum Gasteiger partial charge on any atom is -0.361 e. The molecule has 0 atom stereocenters. The van der Waals surface area contributed by atoms with Crippen molar-refractivity contribution in [2.75, 3.05) is 0 Å². The van der Waals surface area contributed by atoms with Crippen LogP contribution in [-0.4, -0.2) is 102 Å². The number of nitrogens with one attached hydrogen (secondary N) is 7. The van der Waals surface area contributed by atoms with Gasteiger partial charge in [0.15, 0.2) is 16.9 Å². The van der Waals surface area contributed by atoms with Crippen LogP contribution in [0.2, 0.25) is 5.15 Å². The summed E-state index contributed by atoms with van der Waals surface area (Å²) in [7, 11) is 0. The molecular weight excluding hydrogens is 1750 g/mol. The maximum Gasteiger partial charge on any atom is 0.327 e. The summed E-state index contributed by atoms with van der Waals surface area (Å²) in [5.41, 5.74) is 13.7. The van der Waals surface area contributed by atoms with Crippen molar-refractivity contribution in [2.24, 2.45) is 41.4 Å². The molecule has 7 aliphatic carbocycles. The Balaban J connectivity index is 0.000000193. The first-order valence-electron chi connectivity index (χ1n) is 52.4. The number of hydrogen-bond donors (Lipinski definition) is 7. The zero-order chi connectivity index (χ0) is 101. The monoisotopic (exact) mass is 1920 g/mol. The van der Waals surface area contributed by atoms with Crippen molar-refractivity contribution in [3.05, 3.63) is 205 Å². The molecule has 13 heterocycles. The van der Waals surface area contributed by atoms with Gasteiger partial charge in [-0.25, -0.2) is 58.5 Å². The lowest BCUT2D eigenvalue weighted by molar-refractivity contribution is 0.289. The van der Waals surface area contributed by atoms with Crippen LogP contribution < -0.4 is 39.8 Å². The Bertz CT molecular complexity index is 6110. The summed E-state index contributed by atoms with van der Waals surface area (Å²) in [5.74, 6) is 5.83. The second kappa shape index (κ2) is 56.1. The second-order valence-corrected chi connectivity index (χ2v) is 37.5. The molecule has 0 aliphatic heterocycles. The van der Waals surface area contributed by atoms with Gasteiger partial charge in [-0.05, 0) is 283 Å². The summed E-state index contributed by atoms with van der Waals surface area (Å²) in [5, 5.41) is 0.430. The molecule has 7 N–H and O–H groups in total. The molecule has 0 spiro atoms. The average molecular weight is 1920 g/mol. The number of aromatic amines is 7. The topological polar surface area (TPSA) is 359 Å². The molecule has 29 nitrogen and oxygen atoms in total. The largest absolute Gasteiger partial charge is 0.361 e. The number of halogens is 1. The minimum atomic E-state index is -0.0847. The molecule has 7 fully saturated rings. The molecule has 7 aliphatic rings. The van der Waals surface area contributed by atoms with Crippen LogP contribution in [0, 0.1) is 61.8 Å². The summed E-state index contributed by atoms with van der Waals surface area (Å²) in [6.45, 7) is 55.0. The van der Waals surface area contributed by atoms with Gasteiger partial charge in [-0.15, -0.1) is 4.98 Å². The van der Waals surface area contributed by atoms with E-state index in [-0.39, 0.29) is 45.9 Å². The molecule has 13 aromatic heterocycles. The Labute approximate surface area is 820 Å². The van der Waals surface area contributed by atoms with Gasteiger partial charge in [0.1, 0.15) is 28.7 Å². The number of benzene rings is 1. The molecule has 1 aromatic carbocycles. The van der Waals surface area contributed by atoms with Crippen LogP contribution in [0.25, 0.3) is 82.5 Å². The molecule has 0 unspecified atom stereocenters. The van der Waals surface area contributed by atoms with Gasteiger partial charge < -0.3 is 39.7 Å². The number of para-hydroxylation sites is 2. The van der Waals surface area contributed by atoms with Crippen LogP contribution in [0.15, 0.2) is 138 Å². The van der Waals surface area contributed by atoms with Crippen molar-refractivity contribution in [2.45, 2.75) is 381 Å². The molecule has 21 rings (SSSR count). The fourth-order valence-electron chi connectivity index (χ4n) is 20.2. The van der Waals surface area contributed by atoms with Gasteiger partial charge in [-0.2, -0.15) is 0 Å². The number of aryl methyl sites for hydroxylation is 2. The third-order valence-electron chi connectivity index (χ3n) is 27.6. The van der Waals surface area contributed by atoms with Gasteiger partial charge >= 0.3 is 39.8 Å². The Morgan fingerprint density at radius 2 is 0.587 bits per heavy atom. The molecule has 0 amide bonds. The molecular formula is C108H163ClN22O7. The van der Waals surface area contributed by atoms with Crippen LogP contribution in [-0.2, 0) is 0 Å². The van der Waals surface area contributed by atoms with E-state index in [2.05, 4.69) is 123 Å². The van der Waals surface area contributed by atoms with Gasteiger partial charge in [-0.1, -0.05) is 176 Å². The number of rotatable bonds is 7. The fourth-order valence-corrected chi connectivity index (χ4v) is 20.4. The first kappa shape index (κ1) is 112. The first-order valence-corrected chi connectivity index (χ1v) is 52.8. The van der Waals surface area contributed by atoms with Crippen LogP contribution in [0.1, 0.15) is 379 Å². The lowest BCUT2D eigenvalue weighted by Gasteiger charge is -2.27.